The van der Waals surface area contributed by atoms with Gasteiger partial charge >= 0.3 is 0 Å². The first kappa shape index (κ1) is 21.7. The van der Waals surface area contributed by atoms with E-state index < -0.39 is 6.10 Å². The van der Waals surface area contributed by atoms with E-state index in [4.69, 9.17) is 17.0 Å². The minimum atomic E-state index is -0.665. The molecule has 2 atom stereocenters. The molecule has 3 N–H and O–H groups in total. The fraction of sp³-hybridized carbons (Fsp3) is 0.364. The van der Waals surface area contributed by atoms with Gasteiger partial charge in [0.1, 0.15) is 5.75 Å². The predicted octanol–water partition coefficient (Wildman–Crippen LogP) is 4.01. The van der Waals surface area contributed by atoms with Crippen molar-refractivity contribution >= 4 is 23.2 Å². The molecule has 0 saturated carbocycles. The van der Waals surface area contributed by atoms with E-state index in [2.05, 4.69) is 36.9 Å². The third-order valence-electron chi connectivity index (χ3n) is 4.35. The molecule has 2 aromatic carbocycles. The number of hydrogen-bond donors (Lipinski definition) is 3. The number of thiocarbonyl (C=S) groups is 1. The van der Waals surface area contributed by atoms with Gasteiger partial charge in [-0.25, -0.2) is 0 Å². The smallest absolute Gasteiger partial charge is 0.279 e. The summed E-state index contributed by atoms with van der Waals surface area (Å²) >= 11 is 5.24. The molecule has 0 aromatic heterocycles. The summed E-state index contributed by atoms with van der Waals surface area (Å²) < 4.78 is 5.71. The second kappa shape index (κ2) is 9.55. The van der Waals surface area contributed by atoms with E-state index in [1.165, 1.54) is 5.56 Å². The van der Waals surface area contributed by atoms with Crippen LogP contribution in [0.4, 0.5) is 0 Å². The van der Waals surface area contributed by atoms with Gasteiger partial charge in [-0.15, -0.1) is 0 Å². The van der Waals surface area contributed by atoms with Crippen molar-refractivity contribution in [2.45, 2.75) is 52.2 Å². The highest BCUT2D eigenvalue weighted by molar-refractivity contribution is 7.80. The Kier molecular flexibility index (Phi) is 7.40. The Morgan fingerprint density at radius 3 is 2.14 bits per heavy atom. The lowest BCUT2D eigenvalue weighted by Crippen LogP contribution is -2.50. The van der Waals surface area contributed by atoms with Crippen molar-refractivity contribution in [3.63, 3.8) is 0 Å². The van der Waals surface area contributed by atoms with Crippen LogP contribution in [0.25, 0.3) is 0 Å². The van der Waals surface area contributed by atoms with Crippen LogP contribution < -0.4 is 20.9 Å². The lowest BCUT2D eigenvalue weighted by Gasteiger charge is -2.21. The molecule has 0 aliphatic heterocycles. The zero-order chi connectivity index (χ0) is 20.7. The van der Waals surface area contributed by atoms with E-state index in [0.29, 0.717) is 10.9 Å². The van der Waals surface area contributed by atoms with Gasteiger partial charge in [0.2, 0.25) is 0 Å². The van der Waals surface area contributed by atoms with E-state index >= 15 is 0 Å². The van der Waals surface area contributed by atoms with E-state index in [1.807, 2.05) is 61.5 Å². The van der Waals surface area contributed by atoms with Crippen molar-refractivity contribution in [1.82, 2.24) is 16.2 Å². The van der Waals surface area contributed by atoms with Gasteiger partial charge in [-0.1, -0.05) is 63.2 Å². The SMILES string of the molecule is C[C@H](Oc1ccc(C(C)(C)C)cc1)C(=O)NNC(=S)N[C@H](C)c1ccccc1. The molecule has 2 rings (SSSR count). The first-order valence-corrected chi connectivity index (χ1v) is 9.76. The summed E-state index contributed by atoms with van der Waals surface area (Å²) in [6.45, 7) is 10.1. The Morgan fingerprint density at radius 2 is 1.57 bits per heavy atom. The van der Waals surface area contributed by atoms with Crippen LogP contribution in [0.5, 0.6) is 5.75 Å². The van der Waals surface area contributed by atoms with Crippen molar-refractivity contribution < 1.29 is 9.53 Å². The van der Waals surface area contributed by atoms with Crippen LogP contribution in [0, 0.1) is 0 Å². The first-order valence-electron chi connectivity index (χ1n) is 9.35. The van der Waals surface area contributed by atoms with Gasteiger partial charge in [0.15, 0.2) is 11.2 Å². The van der Waals surface area contributed by atoms with Crippen molar-refractivity contribution in [3.8, 4) is 5.75 Å². The summed E-state index contributed by atoms with van der Waals surface area (Å²) in [5.74, 6) is 0.338. The number of benzene rings is 2. The van der Waals surface area contributed by atoms with Gasteiger partial charge in [-0.05, 0) is 54.7 Å². The standard InChI is InChI=1S/C22H29N3O2S/c1-15(17-9-7-6-8-10-17)23-21(28)25-24-20(26)16(2)27-19-13-11-18(12-14-19)22(3,4)5/h6-16H,1-5H3,(H,24,26)(H2,23,25,28)/t15-,16+/m1/s1. The molecule has 0 unspecified atom stereocenters. The van der Waals surface area contributed by atoms with Crippen molar-refractivity contribution in [1.29, 1.82) is 0 Å². The summed E-state index contributed by atoms with van der Waals surface area (Å²) in [6.07, 6.45) is -0.665. The lowest BCUT2D eigenvalue weighted by atomic mass is 9.87. The van der Waals surface area contributed by atoms with Crippen LogP contribution in [-0.4, -0.2) is 17.1 Å². The number of carbonyl (C=O) groups is 1. The molecule has 150 valence electrons. The molecule has 1 amide bonds. The number of ether oxygens (including phenoxy) is 1. The number of nitrogens with one attached hydrogen (secondary N) is 3. The van der Waals surface area contributed by atoms with E-state index in [0.717, 1.165) is 5.56 Å². The number of amides is 1. The fourth-order valence-electron chi connectivity index (χ4n) is 2.57. The maximum absolute atomic E-state index is 12.2. The van der Waals surface area contributed by atoms with Crippen LogP contribution in [0.1, 0.15) is 51.8 Å². The van der Waals surface area contributed by atoms with Crippen molar-refractivity contribution in [2.24, 2.45) is 0 Å². The van der Waals surface area contributed by atoms with Gasteiger partial charge in [0.25, 0.3) is 5.91 Å². The minimum absolute atomic E-state index is 0.0214. The molecule has 5 nitrogen and oxygen atoms in total. The van der Waals surface area contributed by atoms with Gasteiger partial charge in [0, 0.05) is 0 Å². The molecule has 0 heterocycles. The highest BCUT2D eigenvalue weighted by atomic mass is 32.1. The zero-order valence-electron chi connectivity index (χ0n) is 17.1. The Hall–Kier alpha value is -2.60. The van der Waals surface area contributed by atoms with E-state index in [9.17, 15) is 4.79 Å². The second-order valence-corrected chi connectivity index (χ2v) is 8.16. The quantitative estimate of drug-likeness (QED) is 0.524. The molecule has 28 heavy (non-hydrogen) atoms. The lowest BCUT2D eigenvalue weighted by molar-refractivity contribution is -0.127. The first-order chi connectivity index (χ1) is 13.2. The summed E-state index contributed by atoms with van der Waals surface area (Å²) in [5.41, 5.74) is 7.69. The Labute approximate surface area is 172 Å². The molecule has 6 heteroatoms. The topological polar surface area (TPSA) is 62.4 Å². The highest BCUT2D eigenvalue weighted by Crippen LogP contribution is 2.24. The molecule has 0 aliphatic rings. The number of carbonyl (C=O) groups excluding carboxylic acids is 1. The van der Waals surface area contributed by atoms with E-state index in [1.54, 1.807) is 6.92 Å². The molecule has 0 spiro atoms. The maximum atomic E-state index is 12.2. The summed E-state index contributed by atoms with van der Waals surface area (Å²) in [5, 5.41) is 3.46. The molecule has 2 aromatic rings. The average molecular weight is 400 g/mol. The highest BCUT2D eigenvalue weighted by Gasteiger charge is 2.17. The Bertz CT molecular complexity index is 786. The summed E-state index contributed by atoms with van der Waals surface area (Å²) in [7, 11) is 0. The Morgan fingerprint density at radius 1 is 0.964 bits per heavy atom. The summed E-state index contributed by atoms with van der Waals surface area (Å²) in [4.78, 5) is 12.2. The minimum Gasteiger partial charge on any atom is -0.481 e. The molecular formula is C22H29N3O2S. The zero-order valence-corrected chi connectivity index (χ0v) is 17.9. The van der Waals surface area contributed by atoms with Gasteiger partial charge in [-0.3, -0.25) is 15.6 Å². The number of hydrogen-bond acceptors (Lipinski definition) is 3. The third kappa shape index (κ3) is 6.53. The van der Waals surface area contributed by atoms with Crippen LogP contribution in [-0.2, 0) is 10.2 Å². The van der Waals surface area contributed by atoms with Gasteiger partial charge < -0.3 is 10.1 Å². The molecule has 0 radical (unpaired) electrons. The summed E-state index contributed by atoms with van der Waals surface area (Å²) in [6, 6.07) is 17.7. The Balaban J connectivity index is 1.79. The normalized spacial score (nSPS) is 13.2. The van der Waals surface area contributed by atoms with Crippen molar-refractivity contribution in [2.75, 3.05) is 0 Å². The molecule has 0 bridgehead atoms. The van der Waals surface area contributed by atoms with Crippen LogP contribution in [0.3, 0.4) is 0 Å². The van der Waals surface area contributed by atoms with Gasteiger partial charge in [-0.2, -0.15) is 0 Å². The molecular weight excluding hydrogens is 370 g/mol. The molecule has 0 aliphatic carbocycles. The van der Waals surface area contributed by atoms with E-state index in [-0.39, 0.29) is 17.4 Å². The van der Waals surface area contributed by atoms with Crippen LogP contribution in [0.2, 0.25) is 0 Å². The average Bonchev–Trinajstić information content (AvgIpc) is 2.66. The predicted molar refractivity (Wildman–Crippen MR) is 117 cm³/mol. The molecule has 0 saturated heterocycles. The van der Waals surface area contributed by atoms with Crippen LogP contribution >= 0.6 is 12.2 Å². The maximum Gasteiger partial charge on any atom is 0.279 e. The third-order valence-corrected chi connectivity index (χ3v) is 4.57. The second-order valence-electron chi connectivity index (χ2n) is 7.75. The number of rotatable bonds is 5. The van der Waals surface area contributed by atoms with Crippen molar-refractivity contribution in [3.05, 3.63) is 65.7 Å². The molecule has 0 fully saturated rings. The fourth-order valence-corrected chi connectivity index (χ4v) is 2.80. The van der Waals surface area contributed by atoms with Gasteiger partial charge in [0.05, 0.1) is 6.04 Å². The number of hydrazine groups is 1. The van der Waals surface area contributed by atoms with Crippen LogP contribution in [0.15, 0.2) is 54.6 Å². The monoisotopic (exact) mass is 399 g/mol. The largest absolute Gasteiger partial charge is 0.481 e.